The number of nitrogens with one attached hydrogen (secondary N) is 2. The molecule has 0 aromatic heterocycles. The van der Waals surface area contributed by atoms with Gasteiger partial charge in [0.1, 0.15) is 6.04 Å². The van der Waals surface area contributed by atoms with Gasteiger partial charge in [-0.25, -0.2) is 0 Å². The number of amides is 2. The zero-order valence-corrected chi connectivity index (χ0v) is 15.0. The van der Waals surface area contributed by atoms with Gasteiger partial charge >= 0.3 is 0 Å². The maximum Gasteiger partial charge on any atom is 0.241 e. The van der Waals surface area contributed by atoms with E-state index in [0.29, 0.717) is 23.8 Å². The summed E-state index contributed by atoms with van der Waals surface area (Å²) in [5.41, 5.74) is 6.21. The fourth-order valence-corrected chi connectivity index (χ4v) is 3.53. The second-order valence-electron chi connectivity index (χ2n) is 7.01. The maximum absolute atomic E-state index is 12.2. The molecule has 0 radical (unpaired) electrons. The van der Waals surface area contributed by atoms with E-state index in [4.69, 9.17) is 15.2 Å². The monoisotopic (exact) mass is 361 g/mol. The van der Waals surface area contributed by atoms with Gasteiger partial charge in [-0.3, -0.25) is 9.59 Å². The SMILES string of the molecule is NC(=O)[C@H](CNc1ccc2c(c1)OCO2)NC(=O)CCC1CCCCC1. The van der Waals surface area contributed by atoms with E-state index in [0.717, 1.165) is 12.1 Å². The number of ether oxygens (including phenoxy) is 2. The van der Waals surface area contributed by atoms with Crippen molar-refractivity contribution in [2.45, 2.75) is 51.0 Å². The summed E-state index contributed by atoms with van der Waals surface area (Å²) in [5, 5.41) is 5.86. The van der Waals surface area contributed by atoms with E-state index in [-0.39, 0.29) is 19.2 Å². The molecular weight excluding hydrogens is 334 g/mol. The number of benzene rings is 1. The summed E-state index contributed by atoms with van der Waals surface area (Å²) >= 11 is 0. The van der Waals surface area contributed by atoms with Gasteiger partial charge in [0.15, 0.2) is 11.5 Å². The second-order valence-corrected chi connectivity index (χ2v) is 7.01. The Morgan fingerprint density at radius 2 is 1.92 bits per heavy atom. The number of carbonyl (C=O) groups excluding carboxylic acids is 2. The molecular formula is C19H27N3O4. The zero-order chi connectivity index (χ0) is 18.4. The highest BCUT2D eigenvalue weighted by Gasteiger charge is 2.20. The fraction of sp³-hybridized carbons (Fsp3) is 0.579. The van der Waals surface area contributed by atoms with Crippen molar-refractivity contribution in [2.75, 3.05) is 18.7 Å². The topological polar surface area (TPSA) is 103 Å². The molecule has 0 saturated heterocycles. The molecule has 1 atom stereocenters. The third kappa shape index (κ3) is 5.03. The standard InChI is InChI=1S/C19H27N3O4/c20-19(24)15(22-18(23)9-6-13-4-2-1-3-5-13)11-21-14-7-8-16-17(10-14)26-12-25-16/h7-8,10,13,15,21H,1-6,9,11-12H2,(H2,20,24)(H,22,23)/t15-/m0/s1. The first kappa shape index (κ1) is 18.4. The zero-order valence-electron chi connectivity index (χ0n) is 15.0. The first-order valence-corrected chi connectivity index (χ1v) is 9.34. The van der Waals surface area contributed by atoms with Crippen molar-refractivity contribution in [1.29, 1.82) is 0 Å². The Bertz CT molecular complexity index is 644. The van der Waals surface area contributed by atoms with E-state index in [1.165, 1.54) is 32.1 Å². The smallest absolute Gasteiger partial charge is 0.241 e. The molecule has 7 heteroatoms. The normalized spacial score (nSPS) is 17.5. The summed E-state index contributed by atoms with van der Waals surface area (Å²) < 4.78 is 10.6. The van der Waals surface area contributed by atoms with Crippen molar-refractivity contribution in [3.05, 3.63) is 18.2 Å². The molecule has 3 rings (SSSR count). The highest BCUT2D eigenvalue weighted by Crippen LogP contribution is 2.34. The van der Waals surface area contributed by atoms with E-state index in [1.54, 1.807) is 12.1 Å². The van der Waals surface area contributed by atoms with E-state index in [9.17, 15) is 9.59 Å². The molecule has 0 bridgehead atoms. The number of hydrogen-bond acceptors (Lipinski definition) is 5. The molecule has 26 heavy (non-hydrogen) atoms. The number of primary amides is 1. The van der Waals surface area contributed by atoms with Gasteiger partial charge < -0.3 is 25.8 Å². The number of anilines is 1. The van der Waals surface area contributed by atoms with E-state index >= 15 is 0 Å². The Labute approximate surface area is 153 Å². The van der Waals surface area contributed by atoms with Crippen LogP contribution < -0.4 is 25.8 Å². The first-order valence-electron chi connectivity index (χ1n) is 9.34. The lowest BCUT2D eigenvalue weighted by Crippen LogP contribution is -2.48. The van der Waals surface area contributed by atoms with E-state index in [1.807, 2.05) is 6.07 Å². The van der Waals surface area contributed by atoms with Gasteiger partial charge in [0.05, 0.1) is 0 Å². The van der Waals surface area contributed by atoms with Crippen LogP contribution in [0.25, 0.3) is 0 Å². The summed E-state index contributed by atoms with van der Waals surface area (Å²) in [6.07, 6.45) is 7.56. The molecule has 1 saturated carbocycles. The van der Waals surface area contributed by atoms with Gasteiger partial charge in [0, 0.05) is 24.7 Å². The first-order chi connectivity index (χ1) is 12.6. The fourth-order valence-electron chi connectivity index (χ4n) is 3.53. The van der Waals surface area contributed by atoms with E-state index in [2.05, 4.69) is 10.6 Å². The van der Waals surface area contributed by atoms with Crippen molar-refractivity contribution >= 4 is 17.5 Å². The van der Waals surface area contributed by atoms with Crippen LogP contribution in [0.5, 0.6) is 11.5 Å². The summed E-state index contributed by atoms with van der Waals surface area (Å²) in [7, 11) is 0. The Balaban J connectivity index is 1.45. The average Bonchev–Trinajstić information content (AvgIpc) is 3.12. The van der Waals surface area contributed by atoms with Crippen molar-refractivity contribution in [3.63, 3.8) is 0 Å². The van der Waals surface area contributed by atoms with Crippen LogP contribution in [0, 0.1) is 5.92 Å². The van der Waals surface area contributed by atoms with Crippen molar-refractivity contribution in [2.24, 2.45) is 11.7 Å². The highest BCUT2D eigenvalue weighted by atomic mass is 16.7. The molecule has 142 valence electrons. The molecule has 4 N–H and O–H groups in total. The van der Waals surface area contributed by atoms with Crippen LogP contribution >= 0.6 is 0 Å². The molecule has 1 aromatic carbocycles. The van der Waals surface area contributed by atoms with Crippen LogP contribution in [0.15, 0.2) is 18.2 Å². The summed E-state index contributed by atoms with van der Waals surface area (Å²) in [5.74, 6) is 1.31. The lowest BCUT2D eigenvalue weighted by molar-refractivity contribution is -0.127. The summed E-state index contributed by atoms with van der Waals surface area (Å²) in [4.78, 5) is 23.9. The Kier molecular flexibility index (Phi) is 6.20. The third-order valence-electron chi connectivity index (χ3n) is 5.07. The highest BCUT2D eigenvalue weighted by molar-refractivity contribution is 5.87. The van der Waals surface area contributed by atoms with Crippen LogP contribution in [0.2, 0.25) is 0 Å². The third-order valence-corrected chi connectivity index (χ3v) is 5.07. The predicted octanol–water partition coefficient (Wildman–Crippen LogP) is 2.16. The van der Waals surface area contributed by atoms with Crippen LogP contribution in [0.4, 0.5) is 5.69 Å². The van der Waals surface area contributed by atoms with Crippen molar-refractivity contribution in [1.82, 2.24) is 5.32 Å². The number of nitrogens with two attached hydrogens (primary N) is 1. The molecule has 1 fully saturated rings. The van der Waals surface area contributed by atoms with Gasteiger partial charge in [0.2, 0.25) is 18.6 Å². The molecule has 0 spiro atoms. The number of rotatable bonds is 8. The van der Waals surface area contributed by atoms with Gasteiger partial charge in [-0.2, -0.15) is 0 Å². The molecule has 1 heterocycles. The number of carbonyl (C=O) groups is 2. The summed E-state index contributed by atoms with van der Waals surface area (Å²) in [6.45, 7) is 0.434. The van der Waals surface area contributed by atoms with Crippen LogP contribution in [-0.2, 0) is 9.59 Å². The van der Waals surface area contributed by atoms with Gasteiger partial charge in [-0.15, -0.1) is 0 Å². The van der Waals surface area contributed by atoms with E-state index < -0.39 is 11.9 Å². The molecule has 2 amide bonds. The predicted molar refractivity (Wildman–Crippen MR) is 98.0 cm³/mol. The minimum Gasteiger partial charge on any atom is -0.454 e. The molecule has 2 aliphatic rings. The quantitative estimate of drug-likeness (QED) is 0.658. The van der Waals surface area contributed by atoms with Gasteiger partial charge in [-0.05, 0) is 24.5 Å². The van der Waals surface area contributed by atoms with Crippen LogP contribution in [0.3, 0.4) is 0 Å². The minimum absolute atomic E-state index is 0.119. The number of fused-ring (bicyclic) bond motifs is 1. The lowest BCUT2D eigenvalue weighted by atomic mass is 9.86. The molecule has 1 aromatic rings. The molecule has 7 nitrogen and oxygen atoms in total. The molecule has 1 aliphatic carbocycles. The maximum atomic E-state index is 12.2. The lowest BCUT2D eigenvalue weighted by Gasteiger charge is -2.22. The molecule has 0 unspecified atom stereocenters. The van der Waals surface area contributed by atoms with Crippen LogP contribution in [-0.4, -0.2) is 31.2 Å². The summed E-state index contributed by atoms with van der Waals surface area (Å²) in [6, 6.07) is 4.67. The van der Waals surface area contributed by atoms with Gasteiger partial charge in [-0.1, -0.05) is 32.1 Å². The largest absolute Gasteiger partial charge is 0.454 e. The Morgan fingerprint density at radius 1 is 1.15 bits per heavy atom. The second kappa shape index (κ2) is 8.78. The van der Waals surface area contributed by atoms with Crippen molar-refractivity contribution in [3.8, 4) is 11.5 Å². The van der Waals surface area contributed by atoms with Crippen LogP contribution in [0.1, 0.15) is 44.9 Å². The Morgan fingerprint density at radius 3 is 2.69 bits per heavy atom. The minimum atomic E-state index is -0.751. The average molecular weight is 361 g/mol. The Hall–Kier alpha value is -2.44. The van der Waals surface area contributed by atoms with Crippen molar-refractivity contribution < 1.29 is 19.1 Å². The van der Waals surface area contributed by atoms with Gasteiger partial charge in [0.25, 0.3) is 0 Å². The number of hydrogen-bond donors (Lipinski definition) is 3. The molecule has 1 aliphatic heterocycles.